The number of aryl methyl sites for hydroxylation is 1. The molecule has 1 aromatic carbocycles. The first-order valence-corrected chi connectivity index (χ1v) is 6.37. The van der Waals surface area contributed by atoms with Crippen molar-refractivity contribution in [3.63, 3.8) is 0 Å². The maximum absolute atomic E-state index is 4.45. The van der Waals surface area contributed by atoms with E-state index >= 15 is 0 Å². The summed E-state index contributed by atoms with van der Waals surface area (Å²) in [5.41, 5.74) is 3.38. The van der Waals surface area contributed by atoms with Crippen LogP contribution in [0.15, 0.2) is 48.7 Å². The Labute approximate surface area is 112 Å². The van der Waals surface area contributed by atoms with Crippen LogP contribution in [0.1, 0.15) is 24.1 Å². The summed E-state index contributed by atoms with van der Waals surface area (Å²) in [4.78, 5) is 4.45. The number of hydrogen-bond donors (Lipinski definition) is 1. The molecule has 0 aliphatic rings. The lowest BCUT2D eigenvalue weighted by molar-refractivity contribution is 0.845. The third-order valence-electron chi connectivity index (χ3n) is 3.24. The van der Waals surface area contributed by atoms with Crippen LogP contribution in [0.3, 0.4) is 0 Å². The zero-order valence-corrected chi connectivity index (χ0v) is 11.0. The first kappa shape index (κ1) is 11.7. The van der Waals surface area contributed by atoms with Gasteiger partial charge in [0, 0.05) is 6.20 Å². The third-order valence-corrected chi connectivity index (χ3v) is 3.24. The quantitative estimate of drug-likeness (QED) is 0.778. The van der Waals surface area contributed by atoms with Crippen LogP contribution in [-0.2, 0) is 0 Å². The molecule has 2 heterocycles. The fraction of sp³-hybridized carbons (Fsp3) is 0.200. The van der Waals surface area contributed by atoms with Gasteiger partial charge in [-0.2, -0.15) is 4.98 Å². The Balaban J connectivity index is 1.86. The summed E-state index contributed by atoms with van der Waals surface area (Å²) < 4.78 is 1.77. The highest BCUT2D eigenvalue weighted by atomic mass is 15.3. The van der Waals surface area contributed by atoms with Gasteiger partial charge in [0.1, 0.15) is 0 Å². The maximum atomic E-state index is 4.45. The highest BCUT2D eigenvalue weighted by Crippen LogP contribution is 2.20. The summed E-state index contributed by atoms with van der Waals surface area (Å²) in [5.74, 6) is 0.655. The van der Waals surface area contributed by atoms with Crippen molar-refractivity contribution in [2.24, 2.45) is 0 Å². The Morgan fingerprint density at radius 1 is 1.11 bits per heavy atom. The SMILES string of the molecule is Cc1ccccc1C(C)Nc1nc2ccccn2n1. The topological polar surface area (TPSA) is 42.2 Å². The molecule has 0 spiro atoms. The van der Waals surface area contributed by atoms with Gasteiger partial charge >= 0.3 is 0 Å². The van der Waals surface area contributed by atoms with Gasteiger partial charge in [0.05, 0.1) is 6.04 Å². The van der Waals surface area contributed by atoms with Crippen molar-refractivity contribution in [1.82, 2.24) is 14.6 Å². The van der Waals surface area contributed by atoms with E-state index in [1.807, 2.05) is 24.4 Å². The highest BCUT2D eigenvalue weighted by Gasteiger charge is 2.10. The summed E-state index contributed by atoms with van der Waals surface area (Å²) >= 11 is 0. The van der Waals surface area contributed by atoms with E-state index in [2.05, 4.69) is 53.5 Å². The first-order chi connectivity index (χ1) is 9.24. The third kappa shape index (κ3) is 2.29. The summed E-state index contributed by atoms with van der Waals surface area (Å²) in [5, 5.41) is 7.75. The van der Waals surface area contributed by atoms with Crippen LogP contribution in [0.4, 0.5) is 5.95 Å². The molecule has 0 radical (unpaired) electrons. The van der Waals surface area contributed by atoms with Gasteiger partial charge in [-0.3, -0.25) is 0 Å². The van der Waals surface area contributed by atoms with E-state index in [0.29, 0.717) is 5.95 Å². The van der Waals surface area contributed by atoms with E-state index in [4.69, 9.17) is 0 Å². The summed E-state index contributed by atoms with van der Waals surface area (Å²) in [6.45, 7) is 4.23. The Hall–Kier alpha value is -2.36. The number of pyridine rings is 1. The normalized spacial score (nSPS) is 12.5. The average molecular weight is 252 g/mol. The molecular formula is C15H16N4. The van der Waals surface area contributed by atoms with Gasteiger partial charge in [0.2, 0.25) is 5.95 Å². The monoisotopic (exact) mass is 252 g/mol. The van der Waals surface area contributed by atoms with Gasteiger partial charge in [-0.05, 0) is 37.1 Å². The minimum absolute atomic E-state index is 0.179. The van der Waals surface area contributed by atoms with Crippen molar-refractivity contribution in [2.45, 2.75) is 19.9 Å². The molecule has 4 heteroatoms. The molecule has 4 nitrogen and oxygen atoms in total. The van der Waals surface area contributed by atoms with E-state index in [9.17, 15) is 0 Å². The molecule has 2 aromatic heterocycles. The predicted octanol–water partition coefficient (Wildman–Crippen LogP) is 3.21. The fourth-order valence-corrected chi connectivity index (χ4v) is 2.24. The molecule has 0 saturated carbocycles. The zero-order valence-electron chi connectivity index (χ0n) is 11.0. The second-order valence-corrected chi connectivity index (χ2v) is 4.66. The molecule has 0 bridgehead atoms. The zero-order chi connectivity index (χ0) is 13.2. The van der Waals surface area contributed by atoms with Crippen LogP contribution in [0, 0.1) is 6.92 Å². The number of hydrogen-bond acceptors (Lipinski definition) is 3. The highest BCUT2D eigenvalue weighted by molar-refractivity contribution is 5.44. The molecule has 0 saturated heterocycles. The number of anilines is 1. The van der Waals surface area contributed by atoms with Gasteiger partial charge in [-0.25, -0.2) is 4.52 Å². The van der Waals surface area contributed by atoms with Crippen molar-refractivity contribution in [2.75, 3.05) is 5.32 Å². The van der Waals surface area contributed by atoms with Crippen LogP contribution >= 0.6 is 0 Å². The Morgan fingerprint density at radius 2 is 1.89 bits per heavy atom. The number of nitrogens with zero attached hydrogens (tertiary/aromatic N) is 3. The summed E-state index contributed by atoms with van der Waals surface area (Å²) in [7, 11) is 0. The van der Waals surface area contributed by atoms with Crippen molar-refractivity contribution >= 4 is 11.6 Å². The van der Waals surface area contributed by atoms with Gasteiger partial charge in [0.15, 0.2) is 5.65 Å². The lowest BCUT2D eigenvalue weighted by atomic mass is 10.0. The predicted molar refractivity (Wildman–Crippen MR) is 76.2 cm³/mol. The van der Waals surface area contributed by atoms with E-state index in [-0.39, 0.29) is 6.04 Å². The molecular weight excluding hydrogens is 236 g/mol. The first-order valence-electron chi connectivity index (χ1n) is 6.37. The second kappa shape index (κ2) is 4.72. The molecule has 0 fully saturated rings. The molecule has 1 N–H and O–H groups in total. The summed E-state index contributed by atoms with van der Waals surface area (Å²) in [6.07, 6.45) is 1.89. The molecule has 0 amide bonds. The van der Waals surface area contributed by atoms with E-state index in [1.165, 1.54) is 11.1 Å². The van der Waals surface area contributed by atoms with Gasteiger partial charge in [-0.15, -0.1) is 5.10 Å². The molecule has 3 rings (SSSR count). The largest absolute Gasteiger partial charge is 0.346 e. The molecule has 0 aliphatic carbocycles. The standard InChI is InChI=1S/C15H16N4/c1-11-7-3-4-8-13(11)12(2)16-15-17-14-9-5-6-10-19(14)18-15/h3-10,12H,1-2H3,(H,16,18). The molecule has 19 heavy (non-hydrogen) atoms. The number of benzene rings is 1. The second-order valence-electron chi connectivity index (χ2n) is 4.66. The minimum atomic E-state index is 0.179. The van der Waals surface area contributed by atoms with Crippen LogP contribution in [0.25, 0.3) is 5.65 Å². The molecule has 1 atom stereocenters. The Bertz CT molecular complexity index is 669. The van der Waals surface area contributed by atoms with E-state index in [0.717, 1.165) is 5.65 Å². The van der Waals surface area contributed by atoms with E-state index in [1.54, 1.807) is 4.52 Å². The average Bonchev–Trinajstić information content (AvgIpc) is 2.81. The van der Waals surface area contributed by atoms with Crippen LogP contribution in [0.2, 0.25) is 0 Å². The van der Waals surface area contributed by atoms with Gasteiger partial charge < -0.3 is 5.32 Å². The number of aromatic nitrogens is 3. The van der Waals surface area contributed by atoms with E-state index < -0.39 is 0 Å². The summed E-state index contributed by atoms with van der Waals surface area (Å²) in [6, 6.07) is 14.4. The van der Waals surface area contributed by atoms with Gasteiger partial charge in [-0.1, -0.05) is 30.3 Å². The molecule has 96 valence electrons. The van der Waals surface area contributed by atoms with Crippen LogP contribution < -0.4 is 5.32 Å². The van der Waals surface area contributed by atoms with Crippen molar-refractivity contribution in [3.8, 4) is 0 Å². The smallest absolute Gasteiger partial charge is 0.243 e. The van der Waals surface area contributed by atoms with Crippen molar-refractivity contribution in [3.05, 3.63) is 59.8 Å². The number of fused-ring (bicyclic) bond motifs is 1. The minimum Gasteiger partial charge on any atom is -0.346 e. The molecule has 0 aliphatic heterocycles. The van der Waals surface area contributed by atoms with Crippen molar-refractivity contribution in [1.29, 1.82) is 0 Å². The van der Waals surface area contributed by atoms with Crippen LogP contribution in [-0.4, -0.2) is 14.6 Å². The lowest BCUT2D eigenvalue weighted by Crippen LogP contribution is -2.09. The molecule has 1 unspecified atom stereocenters. The fourth-order valence-electron chi connectivity index (χ4n) is 2.24. The van der Waals surface area contributed by atoms with Gasteiger partial charge in [0.25, 0.3) is 0 Å². The van der Waals surface area contributed by atoms with Crippen molar-refractivity contribution < 1.29 is 0 Å². The Kier molecular flexibility index (Phi) is 2.91. The molecule has 3 aromatic rings. The number of nitrogens with one attached hydrogen (secondary N) is 1. The Morgan fingerprint density at radius 3 is 2.68 bits per heavy atom. The van der Waals surface area contributed by atoms with Crippen LogP contribution in [0.5, 0.6) is 0 Å². The lowest BCUT2D eigenvalue weighted by Gasteiger charge is -2.14. The maximum Gasteiger partial charge on any atom is 0.243 e. The number of rotatable bonds is 3.